The molecule has 0 heterocycles. The molecule has 4 heteroatoms. The first-order valence-electron chi connectivity index (χ1n) is 6.17. The lowest BCUT2D eigenvalue weighted by Gasteiger charge is -2.07. The summed E-state index contributed by atoms with van der Waals surface area (Å²) in [6.07, 6.45) is 0. The van der Waals surface area contributed by atoms with E-state index in [1.54, 1.807) is 7.11 Å². The van der Waals surface area contributed by atoms with Crippen LogP contribution in [0.3, 0.4) is 0 Å². The van der Waals surface area contributed by atoms with Gasteiger partial charge in [0.1, 0.15) is 11.5 Å². The third-order valence-electron chi connectivity index (χ3n) is 2.86. The highest BCUT2D eigenvalue weighted by Crippen LogP contribution is 2.24. The van der Waals surface area contributed by atoms with Gasteiger partial charge in [0.15, 0.2) is 6.61 Å². The maximum absolute atomic E-state index is 11.0. The summed E-state index contributed by atoms with van der Waals surface area (Å²) in [5.74, 6) is 1.06. The summed E-state index contributed by atoms with van der Waals surface area (Å²) in [6, 6.07) is 15.3. The Morgan fingerprint density at radius 1 is 0.850 bits per heavy atom. The number of hydrogen-bond acceptors (Lipinski definition) is 4. The van der Waals surface area contributed by atoms with Gasteiger partial charge in [-0.15, -0.1) is 0 Å². The maximum Gasteiger partial charge on any atom is 0.343 e. The molecule has 0 atom stereocenters. The standard InChI is InChI=1S/C16H16O4/c1-18-14-7-3-12(4-8-14)13-5-9-15(10-6-13)20-11-16(17)19-2/h3-10H,11H2,1-2H3. The van der Waals surface area contributed by atoms with Gasteiger partial charge in [-0.25, -0.2) is 4.79 Å². The van der Waals surface area contributed by atoms with Gasteiger partial charge in [-0.2, -0.15) is 0 Å². The number of hydrogen-bond donors (Lipinski definition) is 0. The van der Waals surface area contributed by atoms with Crippen LogP contribution in [0.15, 0.2) is 48.5 Å². The van der Waals surface area contributed by atoms with Crippen molar-refractivity contribution < 1.29 is 19.0 Å². The quantitative estimate of drug-likeness (QED) is 0.785. The van der Waals surface area contributed by atoms with Crippen LogP contribution in [0.2, 0.25) is 0 Å². The van der Waals surface area contributed by atoms with Crippen molar-refractivity contribution in [1.82, 2.24) is 0 Å². The Morgan fingerprint density at radius 3 is 1.80 bits per heavy atom. The molecule has 0 aliphatic carbocycles. The molecule has 0 saturated carbocycles. The van der Waals surface area contributed by atoms with Crippen LogP contribution in [0, 0.1) is 0 Å². The highest BCUT2D eigenvalue weighted by molar-refractivity contribution is 5.71. The van der Waals surface area contributed by atoms with Crippen molar-refractivity contribution >= 4 is 5.97 Å². The van der Waals surface area contributed by atoms with Gasteiger partial charge in [0.05, 0.1) is 14.2 Å². The van der Waals surface area contributed by atoms with E-state index in [-0.39, 0.29) is 6.61 Å². The van der Waals surface area contributed by atoms with E-state index in [9.17, 15) is 4.79 Å². The first-order valence-corrected chi connectivity index (χ1v) is 6.17. The fourth-order valence-electron chi connectivity index (χ4n) is 1.73. The molecule has 0 saturated heterocycles. The smallest absolute Gasteiger partial charge is 0.343 e. The summed E-state index contributed by atoms with van der Waals surface area (Å²) in [5.41, 5.74) is 2.16. The van der Waals surface area contributed by atoms with Crippen molar-refractivity contribution in [1.29, 1.82) is 0 Å². The van der Waals surface area contributed by atoms with E-state index in [0.717, 1.165) is 16.9 Å². The molecule has 0 unspecified atom stereocenters. The van der Waals surface area contributed by atoms with Crippen LogP contribution in [-0.2, 0) is 9.53 Å². The van der Waals surface area contributed by atoms with E-state index in [2.05, 4.69) is 4.74 Å². The fraction of sp³-hybridized carbons (Fsp3) is 0.188. The molecule has 0 amide bonds. The highest BCUT2D eigenvalue weighted by Gasteiger charge is 2.03. The second-order valence-corrected chi connectivity index (χ2v) is 4.12. The zero-order valence-corrected chi connectivity index (χ0v) is 11.5. The van der Waals surface area contributed by atoms with Gasteiger partial charge >= 0.3 is 5.97 Å². The number of carbonyl (C=O) groups is 1. The normalized spacial score (nSPS) is 9.90. The maximum atomic E-state index is 11.0. The molecule has 0 N–H and O–H groups in total. The first kappa shape index (κ1) is 13.9. The van der Waals surface area contributed by atoms with Crippen LogP contribution >= 0.6 is 0 Å². The van der Waals surface area contributed by atoms with E-state index >= 15 is 0 Å². The molecular weight excluding hydrogens is 256 g/mol. The van der Waals surface area contributed by atoms with Gasteiger partial charge in [0.2, 0.25) is 0 Å². The molecule has 0 aromatic heterocycles. The van der Waals surface area contributed by atoms with Crippen LogP contribution in [0.25, 0.3) is 11.1 Å². The van der Waals surface area contributed by atoms with E-state index in [1.807, 2.05) is 48.5 Å². The van der Waals surface area contributed by atoms with Crippen LogP contribution in [0.4, 0.5) is 0 Å². The molecule has 4 nitrogen and oxygen atoms in total. The number of carbonyl (C=O) groups excluding carboxylic acids is 1. The average molecular weight is 272 g/mol. The third kappa shape index (κ3) is 3.51. The topological polar surface area (TPSA) is 44.8 Å². The summed E-state index contributed by atoms with van der Waals surface area (Å²) in [5, 5.41) is 0. The van der Waals surface area contributed by atoms with E-state index in [0.29, 0.717) is 5.75 Å². The molecule has 0 aliphatic rings. The van der Waals surface area contributed by atoms with Crippen molar-refractivity contribution in [3.63, 3.8) is 0 Å². The zero-order chi connectivity index (χ0) is 14.4. The molecule has 0 radical (unpaired) electrons. The Balaban J connectivity index is 2.05. The lowest BCUT2D eigenvalue weighted by molar-refractivity contribution is -0.142. The molecule has 2 aromatic rings. The number of rotatable bonds is 5. The minimum atomic E-state index is -0.399. The molecule has 0 aliphatic heterocycles. The minimum Gasteiger partial charge on any atom is -0.497 e. The van der Waals surface area contributed by atoms with E-state index in [4.69, 9.17) is 9.47 Å². The van der Waals surface area contributed by atoms with Crippen LogP contribution in [0.5, 0.6) is 11.5 Å². The molecule has 20 heavy (non-hydrogen) atoms. The monoisotopic (exact) mass is 272 g/mol. The number of esters is 1. The number of benzene rings is 2. The van der Waals surface area contributed by atoms with Crippen molar-refractivity contribution in [2.45, 2.75) is 0 Å². The second kappa shape index (κ2) is 6.61. The summed E-state index contributed by atoms with van der Waals surface area (Å²) < 4.78 is 14.9. The third-order valence-corrected chi connectivity index (χ3v) is 2.86. The Morgan fingerprint density at radius 2 is 1.35 bits per heavy atom. The average Bonchev–Trinajstić information content (AvgIpc) is 2.53. The molecule has 2 aromatic carbocycles. The van der Waals surface area contributed by atoms with Gasteiger partial charge in [0.25, 0.3) is 0 Å². The molecule has 104 valence electrons. The predicted molar refractivity (Wildman–Crippen MR) is 75.9 cm³/mol. The van der Waals surface area contributed by atoms with Crippen LogP contribution in [0.1, 0.15) is 0 Å². The van der Waals surface area contributed by atoms with E-state index < -0.39 is 5.97 Å². The van der Waals surface area contributed by atoms with Crippen LogP contribution in [-0.4, -0.2) is 26.8 Å². The van der Waals surface area contributed by atoms with Gasteiger partial charge < -0.3 is 14.2 Å². The lowest BCUT2D eigenvalue weighted by Crippen LogP contribution is -2.12. The Bertz CT molecular complexity index is 558. The largest absolute Gasteiger partial charge is 0.497 e. The van der Waals surface area contributed by atoms with Crippen LogP contribution < -0.4 is 9.47 Å². The molecule has 0 spiro atoms. The van der Waals surface area contributed by atoms with Gasteiger partial charge in [-0.1, -0.05) is 24.3 Å². The fourth-order valence-corrected chi connectivity index (χ4v) is 1.73. The van der Waals surface area contributed by atoms with Crippen molar-refractivity contribution in [2.24, 2.45) is 0 Å². The molecular formula is C16H16O4. The molecule has 0 bridgehead atoms. The minimum absolute atomic E-state index is 0.0849. The highest BCUT2D eigenvalue weighted by atomic mass is 16.6. The summed E-state index contributed by atoms with van der Waals surface area (Å²) in [4.78, 5) is 11.0. The van der Waals surface area contributed by atoms with Crippen molar-refractivity contribution in [3.05, 3.63) is 48.5 Å². The van der Waals surface area contributed by atoms with Gasteiger partial charge in [-0.05, 0) is 35.4 Å². The van der Waals surface area contributed by atoms with Gasteiger partial charge in [-0.3, -0.25) is 0 Å². The summed E-state index contributed by atoms with van der Waals surface area (Å²) in [6.45, 7) is -0.0849. The predicted octanol–water partition coefficient (Wildman–Crippen LogP) is 2.91. The number of methoxy groups -OCH3 is 2. The summed E-state index contributed by atoms with van der Waals surface area (Å²) in [7, 11) is 2.97. The lowest BCUT2D eigenvalue weighted by atomic mass is 10.1. The van der Waals surface area contributed by atoms with Gasteiger partial charge in [0, 0.05) is 0 Å². The Hall–Kier alpha value is -2.49. The molecule has 0 fully saturated rings. The Labute approximate surface area is 117 Å². The first-order chi connectivity index (χ1) is 9.72. The van der Waals surface area contributed by atoms with Crippen molar-refractivity contribution in [3.8, 4) is 22.6 Å². The zero-order valence-electron chi connectivity index (χ0n) is 11.5. The SMILES string of the molecule is COC(=O)COc1ccc(-c2ccc(OC)cc2)cc1. The van der Waals surface area contributed by atoms with E-state index in [1.165, 1.54) is 7.11 Å². The molecule has 2 rings (SSSR count). The summed E-state index contributed by atoms with van der Waals surface area (Å²) >= 11 is 0. The second-order valence-electron chi connectivity index (χ2n) is 4.12. The van der Waals surface area contributed by atoms with Crippen molar-refractivity contribution in [2.75, 3.05) is 20.8 Å². The number of ether oxygens (including phenoxy) is 3. The Kier molecular flexibility index (Phi) is 4.60.